The molecule has 0 unspecified atom stereocenters. The van der Waals surface area contributed by atoms with Crippen molar-refractivity contribution in [3.05, 3.63) is 64.1 Å². The fourth-order valence-corrected chi connectivity index (χ4v) is 2.00. The van der Waals surface area contributed by atoms with E-state index in [1.807, 2.05) is 13.8 Å². The molecule has 0 aliphatic rings. The van der Waals surface area contributed by atoms with Gasteiger partial charge in [-0.2, -0.15) is 0 Å². The zero-order valence-electron chi connectivity index (χ0n) is 12.2. The number of esters is 1. The number of carbonyl (C=O) groups is 1. The van der Waals surface area contributed by atoms with Crippen molar-refractivity contribution in [2.45, 2.75) is 20.8 Å². The largest absolute Gasteiger partial charge is 0.423 e. The molecule has 0 saturated carbocycles. The van der Waals surface area contributed by atoms with Crippen LogP contribution >= 0.6 is 0 Å². The highest BCUT2D eigenvalue weighted by Gasteiger charge is 2.10. The molecule has 1 aromatic carbocycles. The number of carbonyl (C=O) groups excluding carboxylic acids is 1. The van der Waals surface area contributed by atoms with E-state index in [1.54, 1.807) is 43.4 Å². The van der Waals surface area contributed by atoms with Gasteiger partial charge in [0.1, 0.15) is 11.3 Å². The van der Waals surface area contributed by atoms with Gasteiger partial charge < -0.3 is 9.15 Å². The third-order valence-corrected chi connectivity index (χ3v) is 3.03. The van der Waals surface area contributed by atoms with Crippen LogP contribution in [0.15, 0.2) is 57.3 Å². The Hall–Kier alpha value is -2.62. The molecule has 108 valence electrons. The summed E-state index contributed by atoms with van der Waals surface area (Å²) in [6.07, 6.45) is 5.11. The van der Waals surface area contributed by atoms with Gasteiger partial charge in [-0.3, -0.25) is 0 Å². The predicted octanol–water partition coefficient (Wildman–Crippen LogP) is 3.53. The zero-order chi connectivity index (χ0) is 15.4. The number of benzene rings is 1. The summed E-state index contributed by atoms with van der Waals surface area (Å²) in [6, 6.07) is 6.42. The average Bonchev–Trinajstić information content (AvgIpc) is 2.43. The van der Waals surface area contributed by atoms with Gasteiger partial charge in [0.05, 0.1) is 5.57 Å². The summed E-state index contributed by atoms with van der Waals surface area (Å²) >= 11 is 0. The lowest BCUT2D eigenvalue weighted by molar-refractivity contribution is -0.129. The number of fused-ring (bicyclic) bond motifs is 1. The lowest BCUT2D eigenvalue weighted by Gasteiger charge is -2.06. The normalized spacial score (nSPS) is 12.0. The molecule has 0 aliphatic carbocycles. The third-order valence-electron chi connectivity index (χ3n) is 3.03. The lowest BCUT2D eigenvalue weighted by Crippen LogP contribution is -2.09. The monoisotopic (exact) mass is 284 g/mol. The Morgan fingerprint density at radius 2 is 2.00 bits per heavy atom. The second kappa shape index (κ2) is 6.22. The highest BCUT2D eigenvalue weighted by molar-refractivity contribution is 5.93. The number of aryl methyl sites for hydroxylation is 1. The molecule has 0 aliphatic heterocycles. The fraction of sp³-hybridized carbons (Fsp3) is 0.176. The van der Waals surface area contributed by atoms with Crippen LogP contribution in [0.25, 0.3) is 11.0 Å². The van der Waals surface area contributed by atoms with Crippen LogP contribution in [0.2, 0.25) is 0 Å². The van der Waals surface area contributed by atoms with E-state index in [-0.39, 0.29) is 0 Å². The van der Waals surface area contributed by atoms with Gasteiger partial charge in [-0.25, -0.2) is 9.59 Å². The quantitative estimate of drug-likeness (QED) is 0.284. The minimum absolute atomic E-state index is 0.338. The first kappa shape index (κ1) is 14.8. The minimum Gasteiger partial charge on any atom is -0.423 e. The number of ether oxygens (including phenoxy) is 1. The molecular formula is C17H16O4. The molecule has 0 fully saturated rings. The van der Waals surface area contributed by atoms with Crippen LogP contribution in [0.5, 0.6) is 5.75 Å². The highest BCUT2D eigenvalue weighted by atomic mass is 16.5. The summed E-state index contributed by atoms with van der Waals surface area (Å²) in [5, 5.41) is 0.814. The summed E-state index contributed by atoms with van der Waals surface area (Å²) in [7, 11) is 0. The lowest BCUT2D eigenvalue weighted by atomic mass is 10.1. The SMILES string of the molecule is C/C=C\C(=C/C)C(=O)Oc1ccc2c(C)cc(=O)oc2c1. The third kappa shape index (κ3) is 3.28. The van der Waals surface area contributed by atoms with Crippen molar-refractivity contribution in [3.8, 4) is 5.75 Å². The van der Waals surface area contributed by atoms with E-state index in [2.05, 4.69) is 0 Å². The van der Waals surface area contributed by atoms with Crippen LogP contribution in [0.4, 0.5) is 0 Å². The van der Waals surface area contributed by atoms with Gasteiger partial charge in [0.25, 0.3) is 0 Å². The molecule has 0 amide bonds. The number of hydrogen-bond donors (Lipinski definition) is 0. The first-order valence-corrected chi connectivity index (χ1v) is 6.61. The Balaban J connectivity index is 2.36. The van der Waals surface area contributed by atoms with Crippen LogP contribution in [0.3, 0.4) is 0 Å². The summed E-state index contributed by atoms with van der Waals surface area (Å²) in [6.45, 7) is 5.42. The van der Waals surface area contributed by atoms with Crippen molar-refractivity contribution in [2.75, 3.05) is 0 Å². The van der Waals surface area contributed by atoms with Crippen molar-refractivity contribution in [3.63, 3.8) is 0 Å². The summed E-state index contributed by atoms with van der Waals surface area (Å²) in [4.78, 5) is 23.4. The van der Waals surface area contributed by atoms with Gasteiger partial charge in [0.15, 0.2) is 0 Å². The first-order chi connectivity index (χ1) is 10.0. The van der Waals surface area contributed by atoms with Crippen LogP contribution in [-0.2, 0) is 4.79 Å². The average molecular weight is 284 g/mol. The second-order valence-electron chi connectivity index (χ2n) is 4.54. The standard InChI is InChI=1S/C17H16O4/c1-4-6-12(5-2)17(19)20-13-7-8-14-11(3)9-16(18)21-15(14)10-13/h4-10H,1-3H3/b6-4-,12-5+. The Labute approximate surface area is 122 Å². The molecule has 2 rings (SSSR count). The van der Waals surface area contributed by atoms with Crippen LogP contribution in [-0.4, -0.2) is 5.97 Å². The van der Waals surface area contributed by atoms with Gasteiger partial charge >= 0.3 is 11.6 Å². The molecule has 21 heavy (non-hydrogen) atoms. The Morgan fingerprint density at radius 1 is 1.24 bits per heavy atom. The molecule has 4 heteroatoms. The topological polar surface area (TPSA) is 56.5 Å². The maximum absolute atomic E-state index is 12.0. The smallest absolute Gasteiger partial charge is 0.343 e. The number of rotatable bonds is 3. The molecule has 0 radical (unpaired) electrons. The van der Waals surface area contributed by atoms with E-state index in [4.69, 9.17) is 9.15 Å². The molecule has 0 N–H and O–H groups in total. The van der Waals surface area contributed by atoms with Crippen molar-refractivity contribution in [2.24, 2.45) is 0 Å². The Bertz CT molecular complexity index is 794. The Morgan fingerprint density at radius 3 is 2.67 bits per heavy atom. The van der Waals surface area contributed by atoms with E-state index < -0.39 is 11.6 Å². The molecule has 2 aromatic rings. The molecule has 1 aromatic heterocycles. The van der Waals surface area contributed by atoms with E-state index in [0.717, 1.165) is 10.9 Å². The van der Waals surface area contributed by atoms with Crippen molar-refractivity contribution >= 4 is 16.9 Å². The highest BCUT2D eigenvalue weighted by Crippen LogP contribution is 2.22. The van der Waals surface area contributed by atoms with Gasteiger partial charge in [-0.1, -0.05) is 18.2 Å². The minimum atomic E-state index is -0.454. The molecule has 0 atom stereocenters. The van der Waals surface area contributed by atoms with E-state index >= 15 is 0 Å². The van der Waals surface area contributed by atoms with Gasteiger partial charge in [-0.15, -0.1) is 0 Å². The number of hydrogen-bond acceptors (Lipinski definition) is 4. The zero-order valence-corrected chi connectivity index (χ0v) is 12.2. The molecule has 0 bridgehead atoms. The van der Waals surface area contributed by atoms with Crippen molar-refractivity contribution < 1.29 is 13.9 Å². The Kier molecular flexibility index (Phi) is 4.38. The van der Waals surface area contributed by atoms with E-state index in [9.17, 15) is 9.59 Å². The summed E-state index contributed by atoms with van der Waals surface area (Å²) in [5.41, 5.74) is 1.26. The van der Waals surface area contributed by atoms with Crippen LogP contribution in [0, 0.1) is 6.92 Å². The van der Waals surface area contributed by atoms with Crippen LogP contribution < -0.4 is 10.4 Å². The molecule has 0 spiro atoms. The van der Waals surface area contributed by atoms with Gasteiger partial charge in [-0.05, 0) is 38.5 Å². The molecule has 1 heterocycles. The molecular weight excluding hydrogens is 268 g/mol. The molecule has 4 nitrogen and oxygen atoms in total. The van der Waals surface area contributed by atoms with Crippen molar-refractivity contribution in [1.29, 1.82) is 0 Å². The van der Waals surface area contributed by atoms with E-state index in [0.29, 0.717) is 16.9 Å². The summed E-state index contributed by atoms with van der Waals surface area (Å²) < 4.78 is 10.4. The maximum atomic E-state index is 12.0. The van der Waals surface area contributed by atoms with Gasteiger partial charge in [0, 0.05) is 17.5 Å². The fourth-order valence-electron chi connectivity index (χ4n) is 2.00. The summed E-state index contributed by atoms with van der Waals surface area (Å²) in [5.74, 6) is -0.116. The van der Waals surface area contributed by atoms with Crippen LogP contribution in [0.1, 0.15) is 19.4 Å². The molecule has 0 saturated heterocycles. The van der Waals surface area contributed by atoms with E-state index in [1.165, 1.54) is 6.07 Å². The predicted molar refractivity (Wildman–Crippen MR) is 81.4 cm³/mol. The van der Waals surface area contributed by atoms with Gasteiger partial charge in [0.2, 0.25) is 0 Å². The number of allylic oxidation sites excluding steroid dienone is 2. The first-order valence-electron chi connectivity index (χ1n) is 6.61. The maximum Gasteiger partial charge on any atom is 0.343 e. The van der Waals surface area contributed by atoms with Crippen molar-refractivity contribution in [1.82, 2.24) is 0 Å². The second-order valence-corrected chi connectivity index (χ2v) is 4.54.